The second-order valence-corrected chi connectivity index (χ2v) is 7.41. The van der Waals surface area contributed by atoms with Gasteiger partial charge in [-0.15, -0.1) is 0 Å². The molecule has 0 N–H and O–H groups in total. The molecule has 1 aliphatic heterocycles. The van der Waals surface area contributed by atoms with Gasteiger partial charge in [-0.2, -0.15) is 0 Å². The van der Waals surface area contributed by atoms with Gasteiger partial charge in [-0.1, -0.05) is 48.9 Å². The minimum absolute atomic E-state index is 0.148. The summed E-state index contributed by atoms with van der Waals surface area (Å²) in [7, 11) is 0. The largest absolute Gasteiger partial charge is 0.470 e. The van der Waals surface area contributed by atoms with Gasteiger partial charge in [-0.25, -0.2) is 0 Å². The van der Waals surface area contributed by atoms with Crippen LogP contribution in [0.4, 0.5) is 0 Å². The van der Waals surface area contributed by atoms with Crippen molar-refractivity contribution in [2.45, 2.75) is 38.8 Å². The number of hydrogen-bond acceptors (Lipinski definition) is 3. The van der Waals surface area contributed by atoms with Gasteiger partial charge in [0.1, 0.15) is 5.75 Å². The summed E-state index contributed by atoms with van der Waals surface area (Å²) in [6, 6.07) is 15.7. The standard InChI is InChI=1S/C23H23ClN2O2/c1-2-21(27)26-14-6-5-9-22(26)28-17-12-10-16(11-13-17)19-15-25-20-8-4-3-7-18(20)23(19)24/h3-4,7-8,10-13,15,22H,2,5-6,9,14H2,1H3. The van der Waals surface area contributed by atoms with Gasteiger partial charge in [-0.05, 0) is 36.6 Å². The number of benzene rings is 2. The van der Waals surface area contributed by atoms with Crippen LogP contribution in [0.1, 0.15) is 32.6 Å². The molecule has 2 aromatic carbocycles. The van der Waals surface area contributed by atoms with E-state index in [0.29, 0.717) is 11.4 Å². The number of likely N-dealkylation sites (tertiary alicyclic amines) is 1. The number of carbonyl (C=O) groups is 1. The predicted octanol–water partition coefficient (Wildman–Crippen LogP) is 5.68. The quantitative estimate of drug-likeness (QED) is 0.571. The summed E-state index contributed by atoms with van der Waals surface area (Å²) < 4.78 is 6.14. The van der Waals surface area contributed by atoms with Crippen molar-refractivity contribution in [1.82, 2.24) is 9.88 Å². The van der Waals surface area contributed by atoms with Crippen LogP contribution in [0.25, 0.3) is 22.0 Å². The fraction of sp³-hybridized carbons (Fsp3) is 0.304. The van der Waals surface area contributed by atoms with E-state index in [1.54, 1.807) is 0 Å². The maximum Gasteiger partial charge on any atom is 0.225 e. The van der Waals surface area contributed by atoms with Crippen molar-refractivity contribution in [3.63, 3.8) is 0 Å². The Morgan fingerprint density at radius 2 is 1.96 bits per heavy atom. The summed E-state index contributed by atoms with van der Waals surface area (Å²) in [5.74, 6) is 0.907. The van der Waals surface area contributed by atoms with E-state index in [1.807, 2.05) is 66.6 Å². The number of amides is 1. The summed E-state index contributed by atoms with van der Waals surface area (Å²) in [4.78, 5) is 18.6. The van der Waals surface area contributed by atoms with E-state index in [2.05, 4.69) is 4.98 Å². The minimum atomic E-state index is -0.182. The van der Waals surface area contributed by atoms with Gasteiger partial charge < -0.3 is 9.64 Å². The van der Waals surface area contributed by atoms with Gasteiger partial charge >= 0.3 is 0 Å². The highest BCUT2D eigenvalue weighted by atomic mass is 35.5. The van der Waals surface area contributed by atoms with Crippen molar-refractivity contribution in [2.75, 3.05) is 6.54 Å². The fourth-order valence-electron chi connectivity index (χ4n) is 3.69. The van der Waals surface area contributed by atoms with Crippen LogP contribution in [0.2, 0.25) is 5.02 Å². The number of rotatable bonds is 4. The maximum absolute atomic E-state index is 12.2. The van der Waals surface area contributed by atoms with Crippen LogP contribution < -0.4 is 4.74 Å². The van der Waals surface area contributed by atoms with Crippen molar-refractivity contribution in [3.8, 4) is 16.9 Å². The zero-order valence-corrected chi connectivity index (χ0v) is 16.7. The molecule has 1 saturated heterocycles. The number of ether oxygens (including phenoxy) is 1. The van der Waals surface area contributed by atoms with Crippen LogP contribution in [-0.2, 0) is 4.79 Å². The van der Waals surface area contributed by atoms with Crippen LogP contribution in [0.3, 0.4) is 0 Å². The highest BCUT2D eigenvalue weighted by Gasteiger charge is 2.27. The Bertz CT molecular complexity index is 988. The fourth-order valence-corrected chi connectivity index (χ4v) is 4.01. The number of nitrogens with zero attached hydrogens (tertiary/aromatic N) is 2. The molecule has 1 unspecified atom stereocenters. The smallest absolute Gasteiger partial charge is 0.225 e. The number of carbonyl (C=O) groups excluding carboxylic acids is 1. The van der Waals surface area contributed by atoms with Crippen LogP contribution in [0.5, 0.6) is 5.75 Å². The molecule has 28 heavy (non-hydrogen) atoms. The molecule has 0 bridgehead atoms. The van der Waals surface area contributed by atoms with E-state index in [-0.39, 0.29) is 12.1 Å². The molecule has 1 amide bonds. The molecule has 1 fully saturated rings. The Kier molecular flexibility index (Phi) is 5.49. The predicted molar refractivity (Wildman–Crippen MR) is 112 cm³/mol. The molecule has 0 spiro atoms. The summed E-state index contributed by atoms with van der Waals surface area (Å²) in [5.41, 5.74) is 2.77. The third-order valence-corrected chi connectivity index (χ3v) is 5.62. The van der Waals surface area contributed by atoms with Gasteiger partial charge in [0.15, 0.2) is 6.23 Å². The average molecular weight is 395 g/mol. The molecule has 2 heterocycles. The molecule has 0 saturated carbocycles. The summed E-state index contributed by atoms with van der Waals surface area (Å²) >= 11 is 6.63. The zero-order chi connectivity index (χ0) is 19.5. The zero-order valence-electron chi connectivity index (χ0n) is 15.9. The average Bonchev–Trinajstić information content (AvgIpc) is 2.75. The monoisotopic (exact) mass is 394 g/mol. The molecule has 4 nitrogen and oxygen atoms in total. The van der Waals surface area contributed by atoms with Crippen molar-refractivity contribution in [2.24, 2.45) is 0 Å². The molecular formula is C23H23ClN2O2. The molecule has 0 aliphatic carbocycles. The molecule has 5 heteroatoms. The van der Waals surface area contributed by atoms with Gasteiger partial charge in [0.05, 0.1) is 10.5 Å². The SMILES string of the molecule is CCC(=O)N1CCCCC1Oc1ccc(-c2cnc3ccccc3c2Cl)cc1. The molecular weight excluding hydrogens is 372 g/mol. The van der Waals surface area contributed by atoms with Gasteiger partial charge in [0.2, 0.25) is 5.91 Å². The van der Waals surface area contributed by atoms with Crippen molar-refractivity contribution in [1.29, 1.82) is 0 Å². The topological polar surface area (TPSA) is 42.4 Å². The first-order valence-corrected chi connectivity index (χ1v) is 10.1. The molecule has 4 rings (SSSR count). The summed E-state index contributed by atoms with van der Waals surface area (Å²) in [6.45, 7) is 2.66. The van der Waals surface area contributed by atoms with Crippen molar-refractivity contribution in [3.05, 3.63) is 59.8 Å². The first kappa shape index (κ1) is 18.8. The highest BCUT2D eigenvalue weighted by molar-refractivity contribution is 6.38. The van der Waals surface area contributed by atoms with Crippen molar-refractivity contribution < 1.29 is 9.53 Å². The maximum atomic E-state index is 12.2. The Labute approximate surface area is 170 Å². The van der Waals surface area contributed by atoms with Gasteiger partial charge in [0.25, 0.3) is 0 Å². The Morgan fingerprint density at radius 3 is 2.75 bits per heavy atom. The number of aromatic nitrogens is 1. The lowest BCUT2D eigenvalue weighted by atomic mass is 10.0. The van der Waals surface area contributed by atoms with Gasteiger partial charge in [0, 0.05) is 36.5 Å². The third kappa shape index (κ3) is 3.69. The number of pyridine rings is 1. The van der Waals surface area contributed by atoms with E-state index >= 15 is 0 Å². The summed E-state index contributed by atoms with van der Waals surface area (Å²) in [6.07, 6.45) is 5.12. The molecule has 1 atom stereocenters. The highest BCUT2D eigenvalue weighted by Crippen LogP contribution is 2.34. The van der Waals surface area contributed by atoms with Crippen LogP contribution in [-0.4, -0.2) is 28.6 Å². The lowest BCUT2D eigenvalue weighted by Gasteiger charge is -2.35. The Balaban J connectivity index is 1.56. The summed E-state index contributed by atoms with van der Waals surface area (Å²) in [5, 5.41) is 1.64. The van der Waals surface area contributed by atoms with E-state index in [9.17, 15) is 4.79 Å². The van der Waals surface area contributed by atoms with E-state index in [0.717, 1.165) is 53.6 Å². The van der Waals surface area contributed by atoms with Crippen molar-refractivity contribution >= 4 is 28.4 Å². The molecule has 1 aliphatic rings. The van der Waals surface area contributed by atoms with E-state index in [1.165, 1.54) is 0 Å². The first-order chi connectivity index (χ1) is 13.7. The number of halogens is 1. The second-order valence-electron chi connectivity index (χ2n) is 7.04. The van der Waals surface area contributed by atoms with Crippen LogP contribution in [0.15, 0.2) is 54.7 Å². The second kappa shape index (κ2) is 8.19. The molecule has 144 valence electrons. The third-order valence-electron chi connectivity index (χ3n) is 5.22. The van der Waals surface area contributed by atoms with E-state index < -0.39 is 0 Å². The van der Waals surface area contributed by atoms with Gasteiger partial charge in [-0.3, -0.25) is 9.78 Å². The lowest BCUT2D eigenvalue weighted by molar-refractivity contribution is -0.141. The van der Waals surface area contributed by atoms with E-state index in [4.69, 9.17) is 16.3 Å². The Morgan fingerprint density at radius 1 is 1.18 bits per heavy atom. The number of fused-ring (bicyclic) bond motifs is 1. The minimum Gasteiger partial charge on any atom is -0.470 e. The van der Waals surface area contributed by atoms with Crippen LogP contribution in [0, 0.1) is 0 Å². The first-order valence-electron chi connectivity index (χ1n) is 9.77. The normalized spacial score (nSPS) is 16.9. The molecule has 0 radical (unpaired) electrons. The Hall–Kier alpha value is -2.59. The molecule has 3 aromatic rings. The van der Waals surface area contributed by atoms with Crippen LogP contribution >= 0.6 is 11.6 Å². The number of hydrogen-bond donors (Lipinski definition) is 0. The lowest BCUT2D eigenvalue weighted by Crippen LogP contribution is -2.46. The molecule has 1 aromatic heterocycles. The number of para-hydroxylation sites is 1. The number of piperidine rings is 1.